The van der Waals surface area contributed by atoms with Crippen molar-refractivity contribution < 1.29 is 4.79 Å². The molecule has 5 rings (SSSR count). The average molecular weight is 432 g/mol. The molecule has 1 amide bonds. The van der Waals surface area contributed by atoms with E-state index in [9.17, 15) is 14.4 Å². The molecular weight excluding hydrogens is 412 g/mol. The SMILES string of the molecule is CC(=O)Nc1ncc(-c2ccc3ncc4c(=O)[nH]c(=O)n(C5CCNCC5)c4c3n2)cn1. The number of aromatic amines is 1. The Kier molecular flexibility index (Phi) is 4.94. The van der Waals surface area contributed by atoms with Crippen LogP contribution in [0.1, 0.15) is 25.8 Å². The van der Waals surface area contributed by atoms with Gasteiger partial charge in [0.05, 0.1) is 22.1 Å². The summed E-state index contributed by atoms with van der Waals surface area (Å²) in [6.45, 7) is 2.96. The minimum atomic E-state index is -0.486. The van der Waals surface area contributed by atoms with E-state index in [0.29, 0.717) is 33.2 Å². The molecule has 1 saturated heterocycles. The molecule has 4 aromatic rings. The lowest BCUT2D eigenvalue weighted by Crippen LogP contribution is -2.38. The molecule has 11 heteroatoms. The second-order valence-electron chi connectivity index (χ2n) is 7.67. The predicted octanol–water partition coefficient (Wildman–Crippen LogP) is 0.973. The van der Waals surface area contributed by atoms with Crippen molar-refractivity contribution in [3.8, 4) is 11.3 Å². The van der Waals surface area contributed by atoms with Crippen molar-refractivity contribution in [1.29, 1.82) is 0 Å². The molecule has 4 aromatic heterocycles. The lowest BCUT2D eigenvalue weighted by Gasteiger charge is -2.26. The van der Waals surface area contributed by atoms with Gasteiger partial charge in [-0.15, -0.1) is 0 Å². The van der Waals surface area contributed by atoms with E-state index in [1.165, 1.54) is 13.1 Å². The number of fused-ring (bicyclic) bond motifs is 3. The third-order valence-electron chi connectivity index (χ3n) is 5.52. The molecule has 1 fully saturated rings. The Morgan fingerprint density at radius 3 is 2.56 bits per heavy atom. The topological polar surface area (TPSA) is 148 Å². The van der Waals surface area contributed by atoms with Gasteiger partial charge in [0.25, 0.3) is 5.56 Å². The summed E-state index contributed by atoms with van der Waals surface area (Å²) in [6.07, 6.45) is 6.13. The van der Waals surface area contributed by atoms with Crippen LogP contribution in [0.2, 0.25) is 0 Å². The Hall–Kier alpha value is -3.99. The number of anilines is 1. The number of aromatic nitrogens is 6. The molecule has 0 saturated carbocycles. The van der Waals surface area contributed by atoms with Gasteiger partial charge in [-0.3, -0.25) is 29.4 Å². The van der Waals surface area contributed by atoms with Crippen LogP contribution < -0.4 is 21.9 Å². The number of nitrogens with zero attached hydrogens (tertiary/aromatic N) is 5. The quantitative estimate of drug-likeness (QED) is 0.406. The number of piperidine rings is 1. The minimum Gasteiger partial charge on any atom is -0.317 e. The van der Waals surface area contributed by atoms with Gasteiger partial charge in [0, 0.05) is 37.1 Å². The Labute approximate surface area is 181 Å². The molecule has 11 nitrogen and oxygen atoms in total. The molecule has 0 aromatic carbocycles. The van der Waals surface area contributed by atoms with E-state index in [2.05, 4.69) is 30.6 Å². The zero-order valence-corrected chi connectivity index (χ0v) is 17.3. The van der Waals surface area contributed by atoms with Crippen molar-refractivity contribution >= 4 is 33.8 Å². The summed E-state index contributed by atoms with van der Waals surface area (Å²) in [5.41, 5.74) is 1.77. The number of carbonyl (C=O) groups is 1. The first kappa shape index (κ1) is 19.9. The highest BCUT2D eigenvalue weighted by Gasteiger charge is 2.22. The van der Waals surface area contributed by atoms with Gasteiger partial charge in [0.15, 0.2) is 0 Å². The van der Waals surface area contributed by atoms with Crippen LogP contribution in [0.5, 0.6) is 0 Å². The smallest absolute Gasteiger partial charge is 0.317 e. The molecule has 5 heterocycles. The first-order chi connectivity index (χ1) is 15.5. The number of carbonyl (C=O) groups excluding carboxylic acids is 1. The fourth-order valence-electron chi connectivity index (χ4n) is 4.05. The molecule has 0 radical (unpaired) electrons. The molecule has 0 bridgehead atoms. The van der Waals surface area contributed by atoms with Crippen molar-refractivity contribution in [2.75, 3.05) is 18.4 Å². The maximum atomic E-state index is 12.9. The number of rotatable bonds is 3. The maximum absolute atomic E-state index is 12.9. The van der Waals surface area contributed by atoms with Crippen LogP contribution in [-0.2, 0) is 4.79 Å². The van der Waals surface area contributed by atoms with Crippen LogP contribution >= 0.6 is 0 Å². The molecule has 1 aliphatic heterocycles. The van der Waals surface area contributed by atoms with Gasteiger partial charge in [-0.2, -0.15) is 0 Å². The van der Waals surface area contributed by atoms with Gasteiger partial charge >= 0.3 is 5.69 Å². The zero-order valence-electron chi connectivity index (χ0n) is 17.3. The van der Waals surface area contributed by atoms with Gasteiger partial charge in [-0.25, -0.2) is 19.7 Å². The van der Waals surface area contributed by atoms with Gasteiger partial charge in [-0.1, -0.05) is 0 Å². The van der Waals surface area contributed by atoms with E-state index in [1.54, 1.807) is 29.1 Å². The van der Waals surface area contributed by atoms with Crippen LogP contribution in [0, 0.1) is 0 Å². The molecule has 0 aliphatic carbocycles. The fraction of sp³-hybridized carbons (Fsp3) is 0.286. The number of pyridine rings is 2. The van der Waals surface area contributed by atoms with E-state index >= 15 is 0 Å². The molecule has 1 aliphatic rings. The number of hydrogen-bond donors (Lipinski definition) is 3. The number of H-pyrrole nitrogens is 1. The average Bonchev–Trinajstić information content (AvgIpc) is 2.79. The predicted molar refractivity (Wildman–Crippen MR) is 118 cm³/mol. The third kappa shape index (κ3) is 3.52. The van der Waals surface area contributed by atoms with E-state index < -0.39 is 11.2 Å². The molecule has 32 heavy (non-hydrogen) atoms. The highest BCUT2D eigenvalue weighted by atomic mass is 16.2. The van der Waals surface area contributed by atoms with Crippen molar-refractivity contribution in [3.63, 3.8) is 0 Å². The van der Waals surface area contributed by atoms with E-state index in [-0.39, 0.29) is 17.9 Å². The maximum Gasteiger partial charge on any atom is 0.329 e. The summed E-state index contributed by atoms with van der Waals surface area (Å²) in [5.74, 6) is -0.0688. The van der Waals surface area contributed by atoms with Gasteiger partial charge in [-0.05, 0) is 38.1 Å². The van der Waals surface area contributed by atoms with Crippen molar-refractivity contribution in [2.24, 2.45) is 0 Å². The van der Waals surface area contributed by atoms with Crippen LogP contribution in [0.15, 0.2) is 40.3 Å². The standard InChI is InChI=1S/C21H20N8O3/c1-11(30)26-20-24-8-12(9-25-20)15-2-3-16-17(27-15)18-14(10-23-16)19(31)28-21(32)29(18)13-4-6-22-7-5-13/h2-3,8-10,13,22H,4-7H2,1H3,(H,28,31,32)(H,24,25,26,30). The highest BCUT2D eigenvalue weighted by Crippen LogP contribution is 2.27. The highest BCUT2D eigenvalue weighted by molar-refractivity contribution is 6.01. The largest absolute Gasteiger partial charge is 0.329 e. The summed E-state index contributed by atoms with van der Waals surface area (Å²) < 4.78 is 1.65. The molecule has 162 valence electrons. The van der Waals surface area contributed by atoms with Crippen LogP contribution in [0.3, 0.4) is 0 Å². The van der Waals surface area contributed by atoms with Crippen LogP contribution in [0.25, 0.3) is 33.2 Å². The lowest BCUT2D eigenvalue weighted by atomic mass is 10.1. The summed E-state index contributed by atoms with van der Waals surface area (Å²) in [4.78, 5) is 56.4. The summed E-state index contributed by atoms with van der Waals surface area (Å²) in [5, 5.41) is 6.13. The molecule has 0 atom stereocenters. The monoisotopic (exact) mass is 432 g/mol. The first-order valence-electron chi connectivity index (χ1n) is 10.3. The molecule has 0 unspecified atom stereocenters. The van der Waals surface area contributed by atoms with Gasteiger partial charge < -0.3 is 5.32 Å². The van der Waals surface area contributed by atoms with Crippen LogP contribution in [0.4, 0.5) is 5.95 Å². The number of amides is 1. The Balaban J connectivity index is 1.72. The lowest BCUT2D eigenvalue weighted by molar-refractivity contribution is -0.114. The molecule has 0 spiro atoms. The fourth-order valence-corrected chi connectivity index (χ4v) is 4.05. The second-order valence-corrected chi connectivity index (χ2v) is 7.67. The molecule has 3 N–H and O–H groups in total. The first-order valence-corrected chi connectivity index (χ1v) is 10.3. The summed E-state index contributed by atoms with van der Waals surface area (Å²) in [6, 6.07) is 3.51. The normalized spacial score (nSPS) is 14.7. The van der Waals surface area contributed by atoms with Crippen molar-refractivity contribution in [2.45, 2.75) is 25.8 Å². The molecular formula is C21H20N8O3. The number of hydrogen-bond acceptors (Lipinski definition) is 8. The second kappa shape index (κ2) is 7.93. The van der Waals surface area contributed by atoms with Crippen molar-refractivity contribution in [3.05, 3.63) is 51.6 Å². The minimum absolute atomic E-state index is 0.0561. The van der Waals surface area contributed by atoms with Crippen LogP contribution in [-0.4, -0.2) is 48.5 Å². The Bertz CT molecular complexity index is 1450. The zero-order chi connectivity index (χ0) is 22.2. The van der Waals surface area contributed by atoms with Gasteiger partial charge in [0.2, 0.25) is 11.9 Å². The number of nitrogens with one attached hydrogen (secondary N) is 3. The summed E-state index contributed by atoms with van der Waals surface area (Å²) in [7, 11) is 0. The van der Waals surface area contributed by atoms with E-state index in [4.69, 9.17) is 4.98 Å². The summed E-state index contributed by atoms with van der Waals surface area (Å²) >= 11 is 0. The Morgan fingerprint density at radius 2 is 1.84 bits per heavy atom. The third-order valence-corrected chi connectivity index (χ3v) is 5.52. The van der Waals surface area contributed by atoms with Gasteiger partial charge in [0.1, 0.15) is 5.52 Å². The van der Waals surface area contributed by atoms with E-state index in [1.807, 2.05) is 0 Å². The Morgan fingerprint density at radius 1 is 1.09 bits per heavy atom. The van der Waals surface area contributed by atoms with Crippen molar-refractivity contribution in [1.82, 2.24) is 34.8 Å². The van der Waals surface area contributed by atoms with E-state index in [0.717, 1.165) is 25.9 Å².